The molecule has 28 heavy (non-hydrogen) atoms. The van der Waals surface area contributed by atoms with Gasteiger partial charge in [-0.25, -0.2) is 4.79 Å². The Morgan fingerprint density at radius 2 is 1.68 bits per heavy atom. The first-order valence-corrected chi connectivity index (χ1v) is 8.50. The number of rotatable bonds is 6. The molecule has 0 fully saturated rings. The Labute approximate surface area is 161 Å². The Kier molecular flexibility index (Phi) is 5.64. The number of carbonyl (C=O) groups excluding carboxylic acids is 2. The number of ether oxygens (including phenoxy) is 2. The van der Waals surface area contributed by atoms with Crippen molar-refractivity contribution in [2.75, 3.05) is 13.7 Å². The molecule has 0 radical (unpaired) electrons. The summed E-state index contributed by atoms with van der Waals surface area (Å²) >= 11 is 0. The van der Waals surface area contributed by atoms with Gasteiger partial charge >= 0.3 is 5.97 Å². The number of methoxy groups -OCH3 is 1. The molecule has 0 aliphatic heterocycles. The van der Waals surface area contributed by atoms with Gasteiger partial charge in [0.15, 0.2) is 6.61 Å². The van der Waals surface area contributed by atoms with E-state index < -0.39 is 18.5 Å². The van der Waals surface area contributed by atoms with Crippen molar-refractivity contribution in [1.82, 2.24) is 5.32 Å². The maximum Gasteiger partial charge on any atom is 0.342 e. The van der Waals surface area contributed by atoms with Crippen LogP contribution in [0, 0.1) is 0 Å². The fourth-order valence-electron chi connectivity index (χ4n) is 2.70. The summed E-state index contributed by atoms with van der Waals surface area (Å²) < 4.78 is 10.0. The summed E-state index contributed by atoms with van der Waals surface area (Å²) in [7, 11) is 1.57. The molecule has 3 aromatic rings. The van der Waals surface area contributed by atoms with Gasteiger partial charge in [-0.15, -0.1) is 0 Å². The molecule has 3 aromatic carbocycles. The number of fused-ring (bicyclic) bond motifs is 1. The van der Waals surface area contributed by atoms with E-state index in [0.29, 0.717) is 16.5 Å². The molecular formula is C21H19NO6. The molecule has 3 N–H and O–H groups in total. The third-order valence-corrected chi connectivity index (χ3v) is 4.20. The molecular weight excluding hydrogens is 362 g/mol. The van der Waals surface area contributed by atoms with E-state index in [1.54, 1.807) is 55.6 Å². The largest absolute Gasteiger partial charge is 0.507 e. The number of phenolic OH excluding ortho intramolecular Hbond substituents is 2. The van der Waals surface area contributed by atoms with Gasteiger partial charge in [0.05, 0.1) is 7.11 Å². The SMILES string of the molecule is COc1ccc(CNC(=O)COC(=O)c2cc(O)c3ccccc3c2O)cc1. The van der Waals surface area contributed by atoms with Crippen molar-refractivity contribution in [3.63, 3.8) is 0 Å². The standard InChI is InChI=1S/C21H19NO6/c1-27-14-8-6-13(7-9-14)11-22-19(24)12-28-21(26)17-10-18(23)15-4-2-3-5-16(15)20(17)25/h2-10,23,25H,11-12H2,1H3,(H,22,24). The van der Waals surface area contributed by atoms with Crippen LogP contribution in [0.5, 0.6) is 17.2 Å². The zero-order valence-electron chi connectivity index (χ0n) is 15.1. The van der Waals surface area contributed by atoms with Crippen molar-refractivity contribution in [2.24, 2.45) is 0 Å². The lowest BCUT2D eigenvalue weighted by molar-refractivity contribution is -0.124. The molecule has 144 valence electrons. The average Bonchev–Trinajstić information content (AvgIpc) is 2.73. The van der Waals surface area contributed by atoms with Crippen LogP contribution in [0.25, 0.3) is 10.8 Å². The maximum absolute atomic E-state index is 12.2. The van der Waals surface area contributed by atoms with Crippen molar-refractivity contribution in [3.8, 4) is 17.2 Å². The first kappa shape index (κ1) is 19.0. The number of hydrogen-bond acceptors (Lipinski definition) is 6. The smallest absolute Gasteiger partial charge is 0.342 e. The van der Waals surface area contributed by atoms with Gasteiger partial charge in [-0.05, 0) is 23.8 Å². The highest BCUT2D eigenvalue weighted by atomic mass is 16.5. The molecule has 0 aliphatic carbocycles. The van der Waals surface area contributed by atoms with Gasteiger partial charge in [0.1, 0.15) is 22.8 Å². The number of esters is 1. The minimum Gasteiger partial charge on any atom is -0.507 e. The van der Waals surface area contributed by atoms with E-state index in [0.717, 1.165) is 11.6 Å². The van der Waals surface area contributed by atoms with Crippen LogP contribution in [0.1, 0.15) is 15.9 Å². The topological polar surface area (TPSA) is 105 Å². The highest BCUT2D eigenvalue weighted by molar-refractivity contribution is 6.04. The van der Waals surface area contributed by atoms with Gasteiger partial charge in [-0.2, -0.15) is 0 Å². The van der Waals surface area contributed by atoms with E-state index in [-0.39, 0.29) is 23.6 Å². The summed E-state index contributed by atoms with van der Waals surface area (Å²) in [5, 5.41) is 23.7. The molecule has 7 nitrogen and oxygen atoms in total. The zero-order valence-corrected chi connectivity index (χ0v) is 15.1. The van der Waals surface area contributed by atoms with Crippen molar-refractivity contribution in [1.29, 1.82) is 0 Å². The van der Waals surface area contributed by atoms with Crippen molar-refractivity contribution >= 4 is 22.6 Å². The first-order valence-electron chi connectivity index (χ1n) is 8.50. The van der Waals surface area contributed by atoms with Gasteiger partial charge in [0, 0.05) is 17.3 Å². The van der Waals surface area contributed by atoms with Gasteiger partial charge in [-0.3, -0.25) is 4.79 Å². The molecule has 0 saturated heterocycles. The normalized spacial score (nSPS) is 10.5. The number of hydrogen-bond donors (Lipinski definition) is 3. The number of nitrogens with one attached hydrogen (secondary N) is 1. The molecule has 0 heterocycles. The van der Waals surface area contributed by atoms with Crippen LogP contribution in [0.3, 0.4) is 0 Å². The van der Waals surface area contributed by atoms with Gasteiger partial charge < -0.3 is 25.0 Å². The lowest BCUT2D eigenvalue weighted by atomic mass is 10.0. The molecule has 0 bridgehead atoms. The molecule has 0 spiro atoms. The van der Waals surface area contributed by atoms with E-state index in [1.165, 1.54) is 0 Å². The molecule has 7 heteroatoms. The number of amides is 1. The minimum absolute atomic E-state index is 0.163. The Morgan fingerprint density at radius 3 is 2.36 bits per heavy atom. The fourth-order valence-corrected chi connectivity index (χ4v) is 2.70. The van der Waals surface area contributed by atoms with E-state index >= 15 is 0 Å². The summed E-state index contributed by atoms with van der Waals surface area (Å²) in [5.41, 5.74) is 0.650. The number of aromatic hydroxyl groups is 2. The minimum atomic E-state index is -0.904. The van der Waals surface area contributed by atoms with E-state index in [1.807, 2.05) is 0 Å². The van der Waals surface area contributed by atoms with Crippen molar-refractivity contribution in [2.45, 2.75) is 6.54 Å². The van der Waals surface area contributed by atoms with Crippen molar-refractivity contribution < 1.29 is 29.3 Å². The van der Waals surface area contributed by atoms with E-state index in [2.05, 4.69) is 5.32 Å². The van der Waals surface area contributed by atoms with Gasteiger partial charge in [0.2, 0.25) is 0 Å². The first-order chi connectivity index (χ1) is 13.5. The monoisotopic (exact) mass is 381 g/mol. The molecule has 0 unspecified atom stereocenters. The number of carbonyl (C=O) groups is 2. The predicted molar refractivity (Wildman–Crippen MR) is 102 cm³/mol. The summed E-state index contributed by atoms with van der Waals surface area (Å²) in [6, 6.07) is 14.8. The second kappa shape index (κ2) is 8.30. The predicted octanol–water partition coefficient (Wildman–Crippen LogP) is 2.73. The van der Waals surface area contributed by atoms with Crippen LogP contribution in [-0.4, -0.2) is 35.8 Å². The van der Waals surface area contributed by atoms with E-state index in [9.17, 15) is 19.8 Å². The summed E-state index contributed by atoms with van der Waals surface area (Å²) in [5.74, 6) is -1.16. The molecule has 3 rings (SSSR count). The van der Waals surface area contributed by atoms with Crippen LogP contribution in [0.15, 0.2) is 54.6 Å². The van der Waals surface area contributed by atoms with E-state index in [4.69, 9.17) is 9.47 Å². The maximum atomic E-state index is 12.2. The van der Waals surface area contributed by atoms with Crippen LogP contribution < -0.4 is 10.1 Å². The third kappa shape index (κ3) is 4.15. The van der Waals surface area contributed by atoms with Gasteiger partial charge in [-0.1, -0.05) is 36.4 Å². The lowest BCUT2D eigenvalue weighted by Gasteiger charge is -2.10. The average molecular weight is 381 g/mol. The zero-order chi connectivity index (χ0) is 20.1. The van der Waals surface area contributed by atoms with Crippen LogP contribution in [0.2, 0.25) is 0 Å². The quantitative estimate of drug-likeness (QED) is 0.448. The fraction of sp³-hybridized carbons (Fsp3) is 0.143. The Hall–Kier alpha value is -3.74. The Bertz CT molecular complexity index is 1010. The summed E-state index contributed by atoms with van der Waals surface area (Å²) in [6.07, 6.45) is 0. The van der Waals surface area contributed by atoms with Crippen LogP contribution >= 0.6 is 0 Å². The lowest BCUT2D eigenvalue weighted by Crippen LogP contribution is -2.28. The second-order valence-electron chi connectivity index (χ2n) is 6.04. The van der Waals surface area contributed by atoms with Crippen LogP contribution in [0.4, 0.5) is 0 Å². The molecule has 0 atom stereocenters. The Morgan fingerprint density at radius 1 is 1.00 bits per heavy atom. The highest BCUT2D eigenvalue weighted by Gasteiger charge is 2.19. The Balaban J connectivity index is 1.59. The summed E-state index contributed by atoms with van der Waals surface area (Å²) in [6.45, 7) is -0.246. The number of phenols is 2. The van der Waals surface area contributed by atoms with Gasteiger partial charge in [0.25, 0.3) is 5.91 Å². The van der Waals surface area contributed by atoms with Crippen molar-refractivity contribution in [3.05, 3.63) is 65.7 Å². The highest BCUT2D eigenvalue weighted by Crippen LogP contribution is 2.35. The molecule has 1 amide bonds. The third-order valence-electron chi connectivity index (χ3n) is 4.20. The van der Waals surface area contributed by atoms with Crippen LogP contribution in [-0.2, 0) is 16.1 Å². The second-order valence-corrected chi connectivity index (χ2v) is 6.04. The molecule has 0 aliphatic rings. The summed E-state index contributed by atoms with van der Waals surface area (Å²) in [4.78, 5) is 24.1. The molecule has 0 aromatic heterocycles. The number of benzene rings is 3. The molecule has 0 saturated carbocycles.